The second-order valence-corrected chi connectivity index (χ2v) is 10.8. The standard InChI is InChI=1S/C25H28O2P.BrH/c1-27-19-11-4-12-20-28(23-14-5-2-6-15-23,24-16-7-3-8-17-24)25-18-10-9-13-22(25)21-26;/h2-3,5-10,13-18,25H,4,11-12,19-20H2,1H3;1H/q+1;/p-1. The highest BCUT2D eigenvalue weighted by Crippen LogP contribution is 2.64. The average Bonchev–Trinajstić information content (AvgIpc) is 2.78. The Hall–Kier alpha value is -1.76. The number of carbonyl (C=O) groups excluding carboxylic acids is 1. The zero-order chi connectivity index (χ0) is 19.7. The van der Waals surface area contributed by atoms with E-state index in [1.54, 1.807) is 7.11 Å². The molecule has 0 fully saturated rings. The number of halogens is 1. The zero-order valence-electron chi connectivity index (χ0n) is 16.8. The van der Waals surface area contributed by atoms with Crippen LogP contribution in [0.4, 0.5) is 0 Å². The van der Waals surface area contributed by atoms with Gasteiger partial charge in [-0.2, -0.15) is 0 Å². The molecule has 0 N–H and O–H groups in total. The van der Waals surface area contributed by atoms with Crippen molar-refractivity contribution in [3.05, 3.63) is 90.5 Å². The number of hydrogen-bond acceptors (Lipinski definition) is 2. The molecule has 0 aliphatic heterocycles. The summed E-state index contributed by atoms with van der Waals surface area (Å²) >= 11 is 0. The van der Waals surface area contributed by atoms with Crippen LogP contribution in [0, 0.1) is 0 Å². The van der Waals surface area contributed by atoms with Crippen LogP contribution in [0.25, 0.3) is 0 Å². The van der Waals surface area contributed by atoms with Gasteiger partial charge in [0.05, 0.1) is 19.0 Å². The lowest BCUT2D eigenvalue weighted by atomic mass is 10.1. The molecule has 1 unspecified atom stereocenters. The summed E-state index contributed by atoms with van der Waals surface area (Å²) in [6.07, 6.45) is 12.5. The van der Waals surface area contributed by atoms with E-state index in [2.05, 4.69) is 78.8 Å². The Labute approximate surface area is 185 Å². The van der Waals surface area contributed by atoms with Crippen molar-refractivity contribution in [3.63, 3.8) is 0 Å². The van der Waals surface area contributed by atoms with E-state index in [0.717, 1.165) is 37.6 Å². The van der Waals surface area contributed by atoms with Crippen LogP contribution in [-0.4, -0.2) is 31.5 Å². The molecule has 29 heavy (non-hydrogen) atoms. The van der Waals surface area contributed by atoms with Crippen molar-refractivity contribution < 1.29 is 26.5 Å². The van der Waals surface area contributed by atoms with Crippen molar-refractivity contribution in [2.75, 3.05) is 19.9 Å². The van der Waals surface area contributed by atoms with Gasteiger partial charge in [-0.05, 0) is 55.7 Å². The molecule has 0 bridgehead atoms. The highest BCUT2D eigenvalue weighted by atomic mass is 79.9. The van der Waals surface area contributed by atoms with Crippen LogP contribution in [-0.2, 0) is 9.53 Å². The molecule has 0 saturated carbocycles. The molecule has 0 aromatic heterocycles. The van der Waals surface area contributed by atoms with Gasteiger partial charge < -0.3 is 21.7 Å². The van der Waals surface area contributed by atoms with Gasteiger partial charge in [0.15, 0.2) is 0 Å². The van der Waals surface area contributed by atoms with Gasteiger partial charge in [0, 0.05) is 13.7 Å². The van der Waals surface area contributed by atoms with E-state index in [1.807, 2.05) is 12.2 Å². The topological polar surface area (TPSA) is 26.3 Å². The molecule has 0 radical (unpaired) electrons. The number of rotatable bonds is 9. The molecule has 0 spiro atoms. The van der Waals surface area contributed by atoms with Crippen LogP contribution in [0.5, 0.6) is 0 Å². The molecule has 2 aromatic rings. The molecule has 0 saturated heterocycles. The van der Waals surface area contributed by atoms with Gasteiger partial charge in [0.1, 0.15) is 22.2 Å². The third-order valence-corrected chi connectivity index (χ3v) is 10.2. The molecule has 152 valence electrons. The number of unbranched alkanes of at least 4 members (excludes halogenated alkanes) is 2. The van der Waals surface area contributed by atoms with E-state index in [1.165, 1.54) is 10.6 Å². The first kappa shape index (κ1) is 23.5. The molecule has 0 amide bonds. The normalized spacial score (nSPS) is 15.6. The second kappa shape index (κ2) is 12.1. The van der Waals surface area contributed by atoms with E-state index in [4.69, 9.17) is 4.74 Å². The minimum absolute atomic E-state index is 0. The zero-order valence-corrected chi connectivity index (χ0v) is 19.3. The lowest BCUT2D eigenvalue weighted by molar-refractivity contribution is -0.00000693. The summed E-state index contributed by atoms with van der Waals surface area (Å²) in [6.45, 7) is 0.799. The molecule has 4 heteroatoms. The third kappa shape index (κ3) is 5.44. The van der Waals surface area contributed by atoms with Crippen molar-refractivity contribution in [3.8, 4) is 0 Å². The highest BCUT2D eigenvalue weighted by Gasteiger charge is 2.50. The molecular weight excluding hydrogens is 443 g/mol. The van der Waals surface area contributed by atoms with Gasteiger partial charge in [0.25, 0.3) is 0 Å². The molecule has 1 aliphatic rings. The maximum Gasteiger partial charge on any atom is 0.133 e. The Morgan fingerprint density at radius 3 is 2.07 bits per heavy atom. The fourth-order valence-corrected chi connectivity index (χ4v) is 8.92. The number of benzene rings is 2. The number of ether oxygens (including phenoxy) is 1. The van der Waals surface area contributed by atoms with Crippen LogP contribution in [0.15, 0.2) is 90.5 Å². The van der Waals surface area contributed by atoms with E-state index in [0.29, 0.717) is 0 Å². The quantitative estimate of drug-likeness (QED) is 0.317. The fourth-order valence-electron chi connectivity index (χ4n) is 4.05. The Bertz CT molecular complexity index is 815. The van der Waals surface area contributed by atoms with Crippen LogP contribution in [0.2, 0.25) is 0 Å². The van der Waals surface area contributed by atoms with Gasteiger partial charge in [-0.1, -0.05) is 48.6 Å². The van der Waals surface area contributed by atoms with Gasteiger partial charge >= 0.3 is 0 Å². The van der Waals surface area contributed by atoms with Crippen molar-refractivity contribution in [2.45, 2.75) is 24.9 Å². The molecular formula is C25H28BrO2P. The first-order valence-electron chi connectivity index (χ1n) is 9.90. The van der Waals surface area contributed by atoms with Gasteiger partial charge in [-0.25, -0.2) is 4.79 Å². The first-order chi connectivity index (χ1) is 13.8. The van der Waals surface area contributed by atoms with E-state index in [-0.39, 0.29) is 22.6 Å². The molecule has 2 nitrogen and oxygen atoms in total. The van der Waals surface area contributed by atoms with Crippen molar-refractivity contribution in [1.82, 2.24) is 0 Å². The summed E-state index contributed by atoms with van der Waals surface area (Å²) < 4.78 is 5.23. The lowest BCUT2D eigenvalue weighted by Crippen LogP contribution is -3.00. The number of allylic oxidation sites excluding steroid dienone is 5. The molecule has 1 atom stereocenters. The SMILES string of the molecule is COCCCCC[P+](c1ccccc1)(c1ccccc1)C1C=CC=CC1=C=O.[Br-]. The Kier molecular flexibility index (Phi) is 9.78. The Morgan fingerprint density at radius 1 is 0.897 bits per heavy atom. The van der Waals surface area contributed by atoms with Gasteiger partial charge in [-0.15, -0.1) is 0 Å². The van der Waals surface area contributed by atoms with Crippen molar-refractivity contribution in [1.29, 1.82) is 0 Å². The number of hydrogen-bond donors (Lipinski definition) is 0. The molecule has 1 aliphatic carbocycles. The minimum atomic E-state index is -1.88. The fraction of sp³-hybridized carbons (Fsp3) is 0.280. The van der Waals surface area contributed by atoms with Crippen LogP contribution in [0.1, 0.15) is 19.3 Å². The lowest BCUT2D eigenvalue weighted by Gasteiger charge is -2.34. The summed E-state index contributed by atoms with van der Waals surface area (Å²) in [4.78, 5) is 11.8. The summed E-state index contributed by atoms with van der Waals surface area (Å²) in [5.74, 6) is 2.25. The predicted octanol–water partition coefficient (Wildman–Crippen LogP) is 1.73. The highest BCUT2D eigenvalue weighted by molar-refractivity contribution is 7.90. The smallest absolute Gasteiger partial charge is 0.133 e. The summed E-state index contributed by atoms with van der Waals surface area (Å²) in [6, 6.07) is 21.6. The largest absolute Gasteiger partial charge is 1.00 e. The van der Waals surface area contributed by atoms with Crippen LogP contribution in [0.3, 0.4) is 0 Å². The first-order valence-corrected chi connectivity index (χ1v) is 11.9. The van der Waals surface area contributed by atoms with E-state index < -0.39 is 7.26 Å². The third-order valence-electron chi connectivity index (χ3n) is 5.38. The number of methoxy groups -OCH3 is 1. The maximum atomic E-state index is 11.8. The summed E-state index contributed by atoms with van der Waals surface area (Å²) in [7, 11) is -0.121. The molecule has 3 rings (SSSR count). The summed E-state index contributed by atoms with van der Waals surface area (Å²) in [5.41, 5.74) is 0.836. The van der Waals surface area contributed by atoms with Gasteiger partial charge in [0.2, 0.25) is 0 Å². The van der Waals surface area contributed by atoms with Crippen molar-refractivity contribution in [2.24, 2.45) is 0 Å². The average molecular weight is 471 g/mol. The molecule has 0 heterocycles. The monoisotopic (exact) mass is 470 g/mol. The molecule has 2 aromatic carbocycles. The van der Waals surface area contributed by atoms with E-state index >= 15 is 0 Å². The Morgan fingerprint density at radius 2 is 1.52 bits per heavy atom. The van der Waals surface area contributed by atoms with E-state index in [9.17, 15) is 4.79 Å². The minimum Gasteiger partial charge on any atom is -1.00 e. The maximum absolute atomic E-state index is 11.8. The van der Waals surface area contributed by atoms with Crippen molar-refractivity contribution >= 4 is 23.8 Å². The summed E-state index contributed by atoms with van der Waals surface area (Å²) in [5, 5.41) is 2.70. The van der Waals surface area contributed by atoms with Crippen LogP contribution < -0.4 is 27.6 Å². The van der Waals surface area contributed by atoms with Gasteiger partial charge in [-0.3, -0.25) is 0 Å². The Balaban J connectivity index is 0.00000300. The predicted molar refractivity (Wildman–Crippen MR) is 121 cm³/mol. The van der Waals surface area contributed by atoms with Crippen LogP contribution >= 0.6 is 7.26 Å². The second-order valence-electron chi connectivity index (χ2n) is 7.06.